The molecular formula is C15H17O2P. The standard InChI is InChI=1S/C15H17O2P/c1-18(10-12-6-2-4-8-14(12)16)11-13-7-3-5-9-15(13)17/h2-9,16-17H,10-11H2,1H3. The highest BCUT2D eigenvalue weighted by atomic mass is 31.1. The van der Waals surface area contributed by atoms with Crippen molar-refractivity contribution in [3.05, 3.63) is 59.7 Å². The minimum absolute atomic E-state index is 0.286. The Balaban J connectivity index is 2.04. The molecule has 0 saturated carbocycles. The molecule has 0 aliphatic carbocycles. The third-order valence-electron chi connectivity index (χ3n) is 2.86. The van der Waals surface area contributed by atoms with Crippen LogP contribution in [0.5, 0.6) is 11.5 Å². The number of phenols is 2. The van der Waals surface area contributed by atoms with Crippen LogP contribution in [-0.4, -0.2) is 16.9 Å². The summed E-state index contributed by atoms with van der Waals surface area (Å²) in [5, 5.41) is 19.5. The first-order valence-corrected chi connectivity index (χ1v) is 8.05. The zero-order valence-electron chi connectivity index (χ0n) is 10.4. The van der Waals surface area contributed by atoms with Crippen molar-refractivity contribution < 1.29 is 10.2 Å². The summed E-state index contributed by atoms with van der Waals surface area (Å²) in [5.74, 6) is 0.730. The van der Waals surface area contributed by atoms with Crippen molar-refractivity contribution in [1.29, 1.82) is 0 Å². The Labute approximate surface area is 109 Å². The van der Waals surface area contributed by atoms with Crippen molar-refractivity contribution in [2.45, 2.75) is 12.3 Å². The van der Waals surface area contributed by atoms with Crippen LogP contribution in [0, 0.1) is 0 Å². The lowest BCUT2D eigenvalue weighted by molar-refractivity contribution is 0.470. The molecule has 2 N–H and O–H groups in total. The molecule has 0 amide bonds. The quantitative estimate of drug-likeness (QED) is 0.818. The highest BCUT2D eigenvalue weighted by Gasteiger charge is 2.09. The van der Waals surface area contributed by atoms with E-state index in [0.29, 0.717) is 11.5 Å². The van der Waals surface area contributed by atoms with Crippen LogP contribution in [0.4, 0.5) is 0 Å². The van der Waals surface area contributed by atoms with E-state index in [2.05, 4.69) is 6.66 Å². The number of hydrogen-bond donors (Lipinski definition) is 2. The Morgan fingerprint density at radius 2 is 1.17 bits per heavy atom. The van der Waals surface area contributed by atoms with E-state index >= 15 is 0 Å². The Morgan fingerprint density at radius 1 is 0.778 bits per heavy atom. The van der Waals surface area contributed by atoms with Crippen LogP contribution in [-0.2, 0) is 12.3 Å². The summed E-state index contributed by atoms with van der Waals surface area (Å²) in [6.07, 6.45) is 1.74. The minimum atomic E-state index is -0.286. The summed E-state index contributed by atoms with van der Waals surface area (Å²) in [6, 6.07) is 14.9. The lowest BCUT2D eigenvalue weighted by atomic mass is 10.2. The normalized spacial score (nSPS) is 10.8. The molecule has 0 fully saturated rings. The van der Waals surface area contributed by atoms with E-state index in [1.165, 1.54) is 0 Å². The van der Waals surface area contributed by atoms with Gasteiger partial charge in [-0.25, -0.2) is 0 Å². The summed E-state index contributed by atoms with van der Waals surface area (Å²) in [4.78, 5) is 0. The number of para-hydroxylation sites is 2. The van der Waals surface area contributed by atoms with Gasteiger partial charge in [0.05, 0.1) is 0 Å². The van der Waals surface area contributed by atoms with Crippen molar-refractivity contribution in [3.8, 4) is 11.5 Å². The highest BCUT2D eigenvalue weighted by Crippen LogP contribution is 2.42. The van der Waals surface area contributed by atoms with Crippen LogP contribution in [0.3, 0.4) is 0 Å². The van der Waals surface area contributed by atoms with Crippen LogP contribution in [0.1, 0.15) is 11.1 Å². The van der Waals surface area contributed by atoms with E-state index in [-0.39, 0.29) is 7.92 Å². The Hall–Kier alpha value is -1.53. The van der Waals surface area contributed by atoms with E-state index in [0.717, 1.165) is 23.5 Å². The number of hydrogen-bond acceptors (Lipinski definition) is 2. The number of aromatic hydroxyl groups is 2. The summed E-state index contributed by atoms with van der Waals surface area (Å²) < 4.78 is 0. The first-order chi connectivity index (χ1) is 8.66. The smallest absolute Gasteiger partial charge is 0.119 e. The third-order valence-corrected chi connectivity index (χ3v) is 4.62. The van der Waals surface area contributed by atoms with Crippen LogP contribution in [0.25, 0.3) is 0 Å². The summed E-state index contributed by atoms with van der Waals surface area (Å²) in [6.45, 7) is 2.19. The molecule has 0 radical (unpaired) electrons. The molecule has 0 aliphatic heterocycles. The van der Waals surface area contributed by atoms with Crippen molar-refractivity contribution in [2.75, 3.05) is 6.66 Å². The summed E-state index contributed by atoms with van der Waals surface area (Å²) in [5.41, 5.74) is 1.98. The molecule has 0 aromatic heterocycles. The number of benzene rings is 2. The SMILES string of the molecule is CP(Cc1ccccc1O)Cc1ccccc1O. The molecule has 0 heterocycles. The molecule has 0 unspecified atom stereocenters. The zero-order valence-corrected chi connectivity index (χ0v) is 11.3. The number of phenolic OH excluding ortho intramolecular Hbond substituents is 2. The predicted molar refractivity (Wildman–Crippen MR) is 76.5 cm³/mol. The molecule has 0 bridgehead atoms. The van der Waals surface area contributed by atoms with Crippen molar-refractivity contribution >= 4 is 7.92 Å². The first kappa shape index (κ1) is 12.9. The van der Waals surface area contributed by atoms with Gasteiger partial charge >= 0.3 is 0 Å². The fourth-order valence-electron chi connectivity index (χ4n) is 1.93. The zero-order chi connectivity index (χ0) is 13.0. The van der Waals surface area contributed by atoms with Gasteiger partial charge in [0.25, 0.3) is 0 Å². The van der Waals surface area contributed by atoms with E-state index in [9.17, 15) is 10.2 Å². The van der Waals surface area contributed by atoms with Gasteiger partial charge in [-0.15, -0.1) is 7.92 Å². The van der Waals surface area contributed by atoms with Crippen LogP contribution >= 0.6 is 7.92 Å². The maximum Gasteiger partial charge on any atom is 0.119 e. The maximum absolute atomic E-state index is 9.74. The van der Waals surface area contributed by atoms with Crippen molar-refractivity contribution in [2.24, 2.45) is 0 Å². The van der Waals surface area contributed by atoms with Gasteiger partial charge < -0.3 is 10.2 Å². The van der Waals surface area contributed by atoms with E-state index < -0.39 is 0 Å². The van der Waals surface area contributed by atoms with Crippen LogP contribution < -0.4 is 0 Å². The van der Waals surface area contributed by atoms with Crippen LogP contribution in [0.2, 0.25) is 0 Å². The predicted octanol–water partition coefficient (Wildman–Crippen LogP) is 3.91. The molecule has 2 aromatic rings. The van der Waals surface area contributed by atoms with Gasteiger partial charge in [-0.3, -0.25) is 0 Å². The fraction of sp³-hybridized carbons (Fsp3) is 0.200. The van der Waals surface area contributed by atoms with E-state index in [4.69, 9.17) is 0 Å². The van der Waals surface area contributed by atoms with Gasteiger partial charge in [-0.2, -0.15) is 0 Å². The van der Waals surface area contributed by atoms with E-state index in [1.807, 2.05) is 36.4 Å². The largest absolute Gasteiger partial charge is 0.508 e. The number of rotatable bonds is 4. The maximum atomic E-state index is 9.74. The molecule has 94 valence electrons. The first-order valence-electron chi connectivity index (χ1n) is 5.89. The van der Waals surface area contributed by atoms with Crippen LogP contribution in [0.15, 0.2) is 48.5 Å². The molecule has 0 aliphatic rings. The second-order valence-corrected chi connectivity index (χ2v) is 6.77. The molecule has 2 nitrogen and oxygen atoms in total. The molecule has 3 heteroatoms. The third kappa shape index (κ3) is 3.24. The lowest BCUT2D eigenvalue weighted by Gasteiger charge is -2.14. The van der Waals surface area contributed by atoms with Gasteiger partial charge in [0.1, 0.15) is 11.5 Å². The Morgan fingerprint density at radius 3 is 1.56 bits per heavy atom. The van der Waals surface area contributed by atoms with Gasteiger partial charge in [0.2, 0.25) is 0 Å². The second kappa shape index (κ2) is 5.88. The Kier molecular flexibility index (Phi) is 4.22. The fourth-order valence-corrected chi connectivity index (χ4v) is 3.74. The average Bonchev–Trinajstić information content (AvgIpc) is 2.35. The van der Waals surface area contributed by atoms with Gasteiger partial charge in [-0.05, 0) is 42.2 Å². The minimum Gasteiger partial charge on any atom is -0.508 e. The summed E-state index contributed by atoms with van der Waals surface area (Å²) >= 11 is 0. The molecule has 0 saturated heterocycles. The topological polar surface area (TPSA) is 40.5 Å². The van der Waals surface area contributed by atoms with Crippen molar-refractivity contribution in [1.82, 2.24) is 0 Å². The van der Waals surface area contributed by atoms with Gasteiger partial charge in [-0.1, -0.05) is 36.4 Å². The monoisotopic (exact) mass is 260 g/mol. The highest BCUT2D eigenvalue weighted by molar-refractivity contribution is 7.55. The summed E-state index contributed by atoms with van der Waals surface area (Å²) in [7, 11) is -0.286. The van der Waals surface area contributed by atoms with Gasteiger partial charge in [0, 0.05) is 0 Å². The molecule has 18 heavy (non-hydrogen) atoms. The molecule has 2 rings (SSSR count). The van der Waals surface area contributed by atoms with Gasteiger partial charge in [0.15, 0.2) is 0 Å². The molecule has 2 aromatic carbocycles. The average molecular weight is 260 g/mol. The van der Waals surface area contributed by atoms with Crippen molar-refractivity contribution in [3.63, 3.8) is 0 Å². The Bertz CT molecular complexity index is 478. The van der Waals surface area contributed by atoms with E-state index in [1.54, 1.807) is 12.1 Å². The molecular weight excluding hydrogens is 243 g/mol. The second-order valence-electron chi connectivity index (χ2n) is 4.43. The molecule has 0 atom stereocenters. The molecule has 0 spiro atoms. The lowest BCUT2D eigenvalue weighted by Crippen LogP contribution is -1.89.